The van der Waals surface area contributed by atoms with Crippen molar-refractivity contribution in [3.8, 4) is 0 Å². The average molecular weight is 1290 g/mol. The number of carbonyl (C=O) groups is 4. The monoisotopic (exact) mass is 1290 g/mol. The van der Waals surface area contributed by atoms with E-state index in [0.29, 0.717) is 64.4 Å². The summed E-state index contributed by atoms with van der Waals surface area (Å²) in [6, 6.07) is 30.8. The van der Waals surface area contributed by atoms with Crippen molar-refractivity contribution in [2.75, 3.05) is 97.0 Å². The van der Waals surface area contributed by atoms with E-state index in [2.05, 4.69) is 68.0 Å². The molecule has 0 spiro atoms. The van der Waals surface area contributed by atoms with Gasteiger partial charge >= 0.3 is 24.2 Å². The normalized spacial score (nSPS) is 23.1. The largest absolute Gasteiger partial charge is 0.519 e. The van der Waals surface area contributed by atoms with Crippen LogP contribution in [0.3, 0.4) is 0 Å². The molecular formula is C66H108N3O16P3. The summed E-state index contributed by atoms with van der Waals surface area (Å²) in [6.45, 7) is 36.7. The highest BCUT2D eigenvalue weighted by Crippen LogP contribution is 2.56. The van der Waals surface area contributed by atoms with Crippen molar-refractivity contribution in [2.45, 2.75) is 189 Å². The highest BCUT2D eigenvalue weighted by Gasteiger charge is 2.45. The number of ether oxygens (including phenoxy) is 6. The molecule has 0 aromatic heterocycles. The van der Waals surface area contributed by atoms with Crippen LogP contribution in [0.4, 0.5) is 9.59 Å². The summed E-state index contributed by atoms with van der Waals surface area (Å²) in [5.41, 5.74) is -0.272. The highest BCUT2D eigenvalue weighted by atomic mass is 31.2. The average Bonchev–Trinajstić information content (AvgIpc) is 1.73. The quantitative estimate of drug-likeness (QED) is 0.0635. The Bertz CT molecular complexity index is 2610. The van der Waals surface area contributed by atoms with E-state index in [-0.39, 0.29) is 0 Å². The van der Waals surface area contributed by atoms with Gasteiger partial charge in [0.1, 0.15) is 33.7 Å². The fraction of sp³-hybridized carbons (Fsp3) is 0.667. The van der Waals surface area contributed by atoms with Crippen molar-refractivity contribution in [2.24, 2.45) is 0 Å². The molecule has 3 aromatic carbocycles. The van der Waals surface area contributed by atoms with E-state index in [0.717, 1.165) is 71.5 Å². The van der Waals surface area contributed by atoms with Gasteiger partial charge in [0.25, 0.3) is 0 Å². The van der Waals surface area contributed by atoms with Crippen molar-refractivity contribution in [1.82, 2.24) is 14.7 Å². The van der Waals surface area contributed by atoms with Gasteiger partial charge in [0.15, 0.2) is 0 Å². The molecule has 7 rings (SSSR count). The van der Waals surface area contributed by atoms with E-state index in [1.807, 2.05) is 105 Å². The molecular weight excluding hydrogens is 1180 g/mol. The van der Waals surface area contributed by atoms with Gasteiger partial charge in [-0.15, -0.1) is 0 Å². The molecule has 0 N–H and O–H groups in total. The van der Waals surface area contributed by atoms with Crippen molar-refractivity contribution in [3.63, 3.8) is 0 Å². The molecule has 3 aromatic rings. The molecule has 4 fully saturated rings. The van der Waals surface area contributed by atoms with Crippen LogP contribution in [0.5, 0.6) is 0 Å². The van der Waals surface area contributed by atoms with Crippen molar-refractivity contribution in [1.29, 1.82) is 0 Å². The number of nitrogens with zero attached hydrogens (tertiary/aromatic N) is 3. The number of rotatable bonds is 14. The third kappa shape index (κ3) is 32.7. The van der Waals surface area contributed by atoms with Crippen LogP contribution in [-0.4, -0.2) is 170 Å². The fourth-order valence-electron chi connectivity index (χ4n) is 9.70. The van der Waals surface area contributed by atoms with Gasteiger partial charge in [-0.3, -0.25) is 38.0 Å². The summed E-state index contributed by atoms with van der Waals surface area (Å²) < 4.78 is 85.7. The standard InChI is InChI=1S/2C19H30NO4P.C14H22NO2P.C10H18O5.C4H8O/c1-5-23-25(22)13-9-12-20(14-16-10-7-6-8-11-16)15-17(25)18(21)24-19(2,3)4;1-5-23-25(22)14-13-20(15-16-9-7-6-8-10-16)12-11-17(25)18(21)24-19(2,3)4;1-2-17-18(16)11-6-9-15(10-12-18)13-14-7-4-3-5-8-14;1-9(2,3)14-7(11)13-8(12)15-10(4,5)6;1-2-4-5-3-1/h6-8,10-11,17H,5,9,12-15H2,1-4H3;6-10,17H,5,11-15H2,1-4H3;3-5,7-8H,2,6,9-13H2,1H3;1-6H3;1-4H2. The van der Waals surface area contributed by atoms with Crippen molar-refractivity contribution < 1.29 is 74.9 Å². The molecule has 0 bridgehead atoms. The first-order chi connectivity index (χ1) is 41.2. The minimum absolute atomic E-state index is 0.343. The zero-order valence-corrected chi connectivity index (χ0v) is 58.5. The smallest absolute Gasteiger partial charge is 0.459 e. The lowest BCUT2D eigenvalue weighted by Crippen LogP contribution is -2.39. The summed E-state index contributed by atoms with van der Waals surface area (Å²) in [6.07, 6.45) is 4.92. The molecule has 4 saturated heterocycles. The molecule has 0 saturated carbocycles. The van der Waals surface area contributed by atoms with Gasteiger partial charge in [0, 0.05) is 77.1 Å². The molecule has 4 heterocycles. The van der Waals surface area contributed by atoms with Crippen LogP contribution < -0.4 is 0 Å². The minimum Gasteiger partial charge on any atom is -0.459 e. The van der Waals surface area contributed by atoms with Gasteiger partial charge in [-0.25, -0.2) is 9.59 Å². The molecule has 0 amide bonds. The molecule has 0 radical (unpaired) electrons. The molecule has 4 aliphatic heterocycles. The molecule has 5 unspecified atom stereocenters. The lowest BCUT2D eigenvalue weighted by molar-refractivity contribution is -0.156. The number of esters is 2. The first-order valence-electron chi connectivity index (χ1n) is 31.3. The molecule has 498 valence electrons. The van der Waals surface area contributed by atoms with Gasteiger partial charge in [0.2, 0.25) is 22.1 Å². The van der Waals surface area contributed by atoms with Crippen LogP contribution in [0.25, 0.3) is 0 Å². The van der Waals surface area contributed by atoms with Gasteiger partial charge in [-0.2, -0.15) is 0 Å². The van der Waals surface area contributed by atoms with Crippen LogP contribution in [0, 0.1) is 0 Å². The highest BCUT2D eigenvalue weighted by molar-refractivity contribution is 7.61. The van der Waals surface area contributed by atoms with Crippen LogP contribution >= 0.6 is 22.1 Å². The summed E-state index contributed by atoms with van der Waals surface area (Å²) >= 11 is 0. The lowest BCUT2D eigenvalue weighted by atomic mass is 10.2. The first-order valence-corrected chi connectivity index (χ1v) is 37.1. The van der Waals surface area contributed by atoms with Crippen LogP contribution in [0.15, 0.2) is 91.0 Å². The predicted molar refractivity (Wildman–Crippen MR) is 349 cm³/mol. The minimum atomic E-state index is -3.07. The maximum atomic E-state index is 13.4. The Morgan fingerprint density at radius 2 is 0.818 bits per heavy atom. The molecule has 5 atom stereocenters. The van der Waals surface area contributed by atoms with E-state index >= 15 is 0 Å². The number of hydrogen-bond acceptors (Lipinski definition) is 19. The molecule has 4 aliphatic rings. The van der Waals surface area contributed by atoms with Gasteiger partial charge < -0.3 is 42.0 Å². The Morgan fingerprint density at radius 3 is 1.23 bits per heavy atom. The Morgan fingerprint density at radius 1 is 0.443 bits per heavy atom. The van der Waals surface area contributed by atoms with E-state index < -0.39 is 80.1 Å². The molecule has 19 nitrogen and oxygen atoms in total. The summed E-state index contributed by atoms with van der Waals surface area (Å²) in [7, 11) is -8.48. The second-order valence-electron chi connectivity index (χ2n) is 26.1. The Hall–Kier alpha value is -4.25. The molecule has 88 heavy (non-hydrogen) atoms. The second-order valence-corrected chi connectivity index (χ2v) is 34.4. The van der Waals surface area contributed by atoms with E-state index in [9.17, 15) is 32.9 Å². The van der Waals surface area contributed by atoms with E-state index in [1.54, 1.807) is 41.5 Å². The number of benzene rings is 3. The summed E-state index contributed by atoms with van der Waals surface area (Å²) in [4.78, 5) is 54.2. The van der Waals surface area contributed by atoms with Crippen molar-refractivity contribution >= 4 is 46.4 Å². The van der Waals surface area contributed by atoms with Crippen molar-refractivity contribution in [3.05, 3.63) is 108 Å². The SMILES string of the molecule is C1CCOC1.CC(C)(C)OC(=O)OC(=O)OC(C)(C)C.CCOP1(=O)CCCN(Cc2ccccc2)CC1.CCOP1(=O)CCCN(Cc2ccccc2)CC1C(=O)OC(C)(C)C.CCOP1(=O)CCN(Cc2ccccc2)CCC1C(=O)OC(C)(C)C. The summed E-state index contributed by atoms with van der Waals surface area (Å²) in [5.74, 6) is -0.810. The van der Waals surface area contributed by atoms with E-state index in [4.69, 9.17) is 37.3 Å². The van der Waals surface area contributed by atoms with Gasteiger partial charge in [0.05, 0.1) is 19.8 Å². The third-order valence-electron chi connectivity index (χ3n) is 13.4. The Balaban J connectivity index is 0.000000303. The lowest BCUT2D eigenvalue weighted by Gasteiger charge is -2.29. The zero-order chi connectivity index (χ0) is 65.7. The van der Waals surface area contributed by atoms with Crippen LogP contribution in [0.2, 0.25) is 0 Å². The number of hydrogen-bond donors (Lipinski definition) is 0. The van der Waals surface area contributed by atoms with Gasteiger partial charge in [-0.1, -0.05) is 91.0 Å². The Kier molecular flexibility index (Phi) is 33.6. The third-order valence-corrected chi connectivity index (χ3v) is 21.9. The topological polar surface area (TPSA) is 212 Å². The second kappa shape index (κ2) is 37.9. The molecule has 0 aliphatic carbocycles. The first kappa shape index (κ1) is 78.0. The molecule has 22 heteroatoms. The maximum absolute atomic E-state index is 13.4. The maximum Gasteiger partial charge on any atom is 0.519 e. The van der Waals surface area contributed by atoms with Crippen LogP contribution in [0.1, 0.15) is 153 Å². The zero-order valence-electron chi connectivity index (χ0n) is 55.8. The predicted octanol–water partition coefficient (Wildman–Crippen LogP) is 14.7. The summed E-state index contributed by atoms with van der Waals surface area (Å²) in [5, 5.41) is 0. The number of carbonyl (C=O) groups excluding carboxylic acids is 4. The van der Waals surface area contributed by atoms with Crippen LogP contribution in [-0.2, 0) is 84.9 Å². The Labute approximate surface area is 527 Å². The van der Waals surface area contributed by atoms with E-state index in [1.165, 1.54) is 29.5 Å². The van der Waals surface area contributed by atoms with Gasteiger partial charge in [-0.05, 0) is 172 Å². The fourth-order valence-corrected chi connectivity index (χ4v) is 16.9.